The molecule has 168 valence electrons. The first kappa shape index (κ1) is 22.7. The van der Waals surface area contributed by atoms with E-state index in [4.69, 9.17) is 14.2 Å². The lowest BCUT2D eigenvalue weighted by Gasteiger charge is -2.35. The summed E-state index contributed by atoms with van der Waals surface area (Å²) in [5.74, 6) is 0.819. The van der Waals surface area contributed by atoms with Crippen LogP contribution in [0.1, 0.15) is 11.1 Å². The van der Waals surface area contributed by atoms with E-state index >= 15 is 0 Å². The van der Waals surface area contributed by atoms with Gasteiger partial charge in [0.2, 0.25) is 0 Å². The Bertz CT molecular complexity index is 897. The number of hydrogen-bond donors (Lipinski definition) is 0. The number of alkyl halides is 3. The van der Waals surface area contributed by atoms with E-state index in [1.165, 1.54) is 18.2 Å². The van der Waals surface area contributed by atoms with Crippen LogP contribution >= 0.6 is 0 Å². The van der Waals surface area contributed by atoms with E-state index in [-0.39, 0.29) is 11.7 Å². The van der Waals surface area contributed by atoms with E-state index in [2.05, 4.69) is 4.90 Å². The number of hydrogen-bond acceptors (Lipinski definition) is 5. The van der Waals surface area contributed by atoms with Crippen LogP contribution in [0.15, 0.2) is 42.5 Å². The third kappa shape index (κ3) is 5.81. The highest BCUT2D eigenvalue weighted by Crippen LogP contribution is 2.35. The Morgan fingerprint density at radius 3 is 2.32 bits per heavy atom. The molecule has 31 heavy (non-hydrogen) atoms. The van der Waals surface area contributed by atoms with Crippen molar-refractivity contribution in [3.63, 3.8) is 0 Å². The normalized spacial score (nSPS) is 14.9. The molecule has 1 heterocycles. The van der Waals surface area contributed by atoms with Crippen LogP contribution < -0.4 is 14.2 Å². The number of methoxy groups -OCH3 is 2. The van der Waals surface area contributed by atoms with Gasteiger partial charge in [0, 0.05) is 38.3 Å². The topological polar surface area (TPSA) is 51.2 Å². The molecule has 2 aromatic rings. The summed E-state index contributed by atoms with van der Waals surface area (Å²) in [4.78, 5) is 16.2. The van der Waals surface area contributed by atoms with Gasteiger partial charge >= 0.3 is 6.18 Å². The number of rotatable bonds is 7. The van der Waals surface area contributed by atoms with Crippen LogP contribution in [0.4, 0.5) is 13.2 Å². The zero-order valence-corrected chi connectivity index (χ0v) is 17.4. The highest BCUT2D eigenvalue weighted by molar-refractivity contribution is 5.78. The van der Waals surface area contributed by atoms with Gasteiger partial charge in [0.25, 0.3) is 5.91 Å². The smallest absolute Gasteiger partial charge is 0.419 e. The Hall–Kier alpha value is -2.94. The van der Waals surface area contributed by atoms with Crippen molar-refractivity contribution in [2.45, 2.75) is 12.7 Å². The summed E-state index contributed by atoms with van der Waals surface area (Å²) >= 11 is 0. The first-order chi connectivity index (χ1) is 14.8. The van der Waals surface area contributed by atoms with E-state index in [0.717, 1.165) is 23.1 Å². The quantitative estimate of drug-likeness (QED) is 0.663. The molecule has 0 radical (unpaired) electrons. The lowest BCUT2D eigenvalue weighted by atomic mass is 10.1. The molecule has 1 aliphatic rings. The second kappa shape index (κ2) is 9.91. The number of piperazine rings is 1. The summed E-state index contributed by atoms with van der Waals surface area (Å²) in [5.41, 5.74) is 0.0913. The van der Waals surface area contributed by atoms with Crippen molar-refractivity contribution in [2.24, 2.45) is 0 Å². The third-order valence-corrected chi connectivity index (χ3v) is 5.15. The molecule has 0 atom stereocenters. The van der Waals surface area contributed by atoms with E-state index in [1.807, 2.05) is 18.2 Å². The summed E-state index contributed by atoms with van der Waals surface area (Å²) in [5, 5.41) is 0. The average molecular weight is 438 g/mol. The molecule has 1 aliphatic heterocycles. The molecule has 0 aliphatic carbocycles. The van der Waals surface area contributed by atoms with Gasteiger partial charge in [-0.25, -0.2) is 0 Å². The van der Waals surface area contributed by atoms with Crippen molar-refractivity contribution in [1.29, 1.82) is 0 Å². The van der Waals surface area contributed by atoms with E-state index in [9.17, 15) is 18.0 Å². The fourth-order valence-corrected chi connectivity index (χ4v) is 3.46. The van der Waals surface area contributed by atoms with Crippen molar-refractivity contribution < 1.29 is 32.2 Å². The number of halogens is 3. The van der Waals surface area contributed by atoms with Gasteiger partial charge in [0.15, 0.2) is 6.61 Å². The third-order valence-electron chi connectivity index (χ3n) is 5.15. The summed E-state index contributed by atoms with van der Waals surface area (Å²) in [7, 11) is 3.21. The molecule has 1 fully saturated rings. The number of nitrogens with zero attached hydrogens (tertiary/aromatic N) is 2. The minimum Gasteiger partial charge on any atom is -0.497 e. The van der Waals surface area contributed by atoms with Crippen molar-refractivity contribution >= 4 is 5.91 Å². The summed E-state index contributed by atoms with van der Waals surface area (Å²) in [6.07, 6.45) is -4.54. The molecule has 1 amide bonds. The predicted octanol–water partition coefficient (Wildman–Crippen LogP) is 3.45. The largest absolute Gasteiger partial charge is 0.497 e. The lowest BCUT2D eigenvalue weighted by molar-refractivity contribution is -0.141. The number of para-hydroxylation sites is 1. The number of carbonyl (C=O) groups is 1. The van der Waals surface area contributed by atoms with Gasteiger partial charge in [-0.2, -0.15) is 13.2 Å². The Balaban J connectivity index is 1.53. The van der Waals surface area contributed by atoms with Gasteiger partial charge in [-0.3, -0.25) is 9.69 Å². The van der Waals surface area contributed by atoms with Gasteiger partial charge in [-0.15, -0.1) is 0 Å². The Labute approximate surface area is 179 Å². The van der Waals surface area contributed by atoms with Crippen LogP contribution in [0.2, 0.25) is 0 Å². The predicted molar refractivity (Wildman–Crippen MR) is 108 cm³/mol. The zero-order chi connectivity index (χ0) is 22.4. The molecule has 0 saturated carbocycles. The van der Waals surface area contributed by atoms with Crippen molar-refractivity contribution in [1.82, 2.24) is 9.80 Å². The number of amides is 1. The van der Waals surface area contributed by atoms with E-state index < -0.39 is 18.3 Å². The van der Waals surface area contributed by atoms with Crippen molar-refractivity contribution in [2.75, 3.05) is 47.0 Å². The standard InChI is InChI=1S/C22H25F3N2O4/c1-29-17-7-8-19(30-2)16(13-17)14-26-9-11-27(12-10-26)21(28)15-31-20-6-4-3-5-18(20)22(23,24)25/h3-8,13H,9-12,14-15H2,1-2H3. The Kier molecular flexibility index (Phi) is 7.27. The van der Waals surface area contributed by atoms with Gasteiger partial charge < -0.3 is 19.1 Å². The van der Waals surface area contributed by atoms with Crippen LogP contribution in [0.25, 0.3) is 0 Å². The minimum absolute atomic E-state index is 0.337. The van der Waals surface area contributed by atoms with Gasteiger partial charge in [0.1, 0.15) is 17.2 Å². The van der Waals surface area contributed by atoms with E-state index in [1.54, 1.807) is 19.1 Å². The Morgan fingerprint density at radius 2 is 1.68 bits per heavy atom. The maximum atomic E-state index is 13.1. The lowest BCUT2D eigenvalue weighted by Crippen LogP contribution is -2.49. The fraction of sp³-hybridized carbons (Fsp3) is 0.409. The van der Waals surface area contributed by atoms with Crippen LogP contribution in [0, 0.1) is 0 Å². The van der Waals surface area contributed by atoms with Crippen LogP contribution in [-0.2, 0) is 17.5 Å². The highest BCUT2D eigenvalue weighted by atomic mass is 19.4. The fourth-order valence-electron chi connectivity index (χ4n) is 3.46. The first-order valence-corrected chi connectivity index (χ1v) is 9.82. The van der Waals surface area contributed by atoms with Crippen LogP contribution in [0.3, 0.4) is 0 Å². The summed E-state index contributed by atoms with van der Waals surface area (Å²) in [6, 6.07) is 10.5. The molecular formula is C22H25F3N2O4. The molecule has 3 rings (SSSR count). The molecular weight excluding hydrogens is 413 g/mol. The summed E-state index contributed by atoms with van der Waals surface area (Å²) in [6.45, 7) is 2.40. The molecule has 0 unspecified atom stereocenters. The number of ether oxygens (including phenoxy) is 3. The first-order valence-electron chi connectivity index (χ1n) is 9.82. The Morgan fingerprint density at radius 1 is 0.968 bits per heavy atom. The monoisotopic (exact) mass is 438 g/mol. The van der Waals surface area contributed by atoms with Gasteiger partial charge in [0.05, 0.1) is 19.8 Å². The second-order valence-corrected chi connectivity index (χ2v) is 7.12. The molecule has 6 nitrogen and oxygen atoms in total. The van der Waals surface area contributed by atoms with Gasteiger partial charge in [-0.05, 0) is 30.3 Å². The molecule has 9 heteroatoms. The van der Waals surface area contributed by atoms with Crippen molar-refractivity contribution in [3.05, 3.63) is 53.6 Å². The highest BCUT2D eigenvalue weighted by Gasteiger charge is 2.34. The van der Waals surface area contributed by atoms with E-state index in [0.29, 0.717) is 32.7 Å². The summed E-state index contributed by atoms with van der Waals surface area (Å²) < 4.78 is 55.0. The molecule has 0 bridgehead atoms. The zero-order valence-electron chi connectivity index (χ0n) is 17.4. The second-order valence-electron chi connectivity index (χ2n) is 7.12. The molecule has 0 spiro atoms. The molecule has 0 N–H and O–H groups in total. The number of carbonyl (C=O) groups excluding carboxylic acids is 1. The van der Waals surface area contributed by atoms with Crippen LogP contribution in [0.5, 0.6) is 17.2 Å². The molecule has 2 aromatic carbocycles. The average Bonchev–Trinajstić information content (AvgIpc) is 2.77. The maximum absolute atomic E-state index is 13.1. The SMILES string of the molecule is COc1ccc(OC)c(CN2CCN(C(=O)COc3ccccc3C(F)(F)F)CC2)c1. The number of benzene rings is 2. The van der Waals surface area contributed by atoms with Gasteiger partial charge in [-0.1, -0.05) is 12.1 Å². The maximum Gasteiger partial charge on any atom is 0.419 e. The molecule has 0 aromatic heterocycles. The minimum atomic E-state index is -4.54. The van der Waals surface area contributed by atoms with Crippen molar-refractivity contribution in [3.8, 4) is 17.2 Å². The van der Waals surface area contributed by atoms with Crippen LogP contribution in [-0.4, -0.2) is 62.7 Å². The molecule has 1 saturated heterocycles.